The Balaban J connectivity index is 1.57. The fourth-order valence-corrected chi connectivity index (χ4v) is 4.48. The van der Waals surface area contributed by atoms with Crippen LogP contribution in [0.15, 0.2) is 48.5 Å². The van der Waals surface area contributed by atoms with Crippen LogP contribution in [0.5, 0.6) is 0 Å². The number of ether oxygens (including phenoxy) is 1. The number of epoxide rings is 1. The van der Waals surface area contributed by atoms with Gasteiger partial charge in [0, 0.05) is 23.3 Å². The van der Waals surface area contributed by atoms with Gasteiger partial charge in [-0.05, 0) is 42.2 Å². The van der Waals surface area contributed by atoms with Crippen LogP contribution in [-0.2, 0) is 9.53 Å². The van der Waals surface area contributed by atoms with Gasteiger partial charge < -0.3 is 20.1 Å². The first-order valence-electron chi connectivity index (χ1n) is 10.8. The Kier molecular flexibility index (Phi) is 5.41. The second-order valence-corrected chi connectivity index (χ2v) is 8.66. The highest BCUT2D eigenvalue weighted by molar-refractivity contribution is 5.97. The third kappa shape index (κ3) is 4.11. The number of halogens is 1. The van der Waals surface area contributed by atoms with E-state index in [1.54, 1.807) is 12.1 Å². The van der Waals surface area contributed by atoms with E-state index in [1.165, 1.54) is 12.1 Å². The lowest BCUT2D eigenvalue weighted by Crippen LogP contribution is -2.25. The molecule has 0 bridgehead atoms. The number of nitrogens with zero attached hydrogens (tertiary/aromatic N) is 1. The number of hydrogen-bond acceptors (Lipinski definition) is 5. The van der Waals surface area contributed by atoms with E-state index in [0.717, 1.165) is 46.1 Å². The molecule has 1 aliphatic carbocycles. The summed E-state index contributed by atoms with van der Waals surface area (Å²) in [6, 6.07) is 14.1. The maximum Gasteiger partial charge on any atom is 0.305 e. The molecule has 4 atom stereocenters. The van der Waals surface area contributed by atoms with Crippen LogP contribution in [0.3, 0.4) is 0 Å². The summed E-state index contributed by atoms with van der Waals surface area (Å²) >= 11 is 0. The van der Waals surface area contributed by atoms with Gasteiger partial charge in [-0.25, -0.2) is 4.39 Å². The van der Waals surface area contributed by atoms with E-state index in [9.17, 15) is 19.4 Å². The number of fused-ring (bicyclic) bond motifs is 1. The molecule has 2 heterocycles. The lowest BCUT2D eigenvalue weighted by Gasteiger charge is -2.17. The lowest BCUT2D eigenvalue weighted by molar-refractivity contribution is -0.139. The van der Waals surface area contributed by atoms with Crippen LogP contribution in [0.25, 0.3) is 22.0 Å². The summed E-state index contributed by atoms with van der Waals surface area (Å²) < 4.78 is 19.6. The van der Waals surface area contributed by atoms with E-state index in [2.05, 4.69) is 0 Å². The van der Waals surface area contributed by atoms with Gasteiger partial charge in [-0.15, -0.1) is 0 Å². The molecule has 2 aliphatic rings. The van der Waals surface area contributed by atoms with E-state index < -0.39 is 36.8 Å². The summed E-state index contributed by atoms with van der Waals surface area (Å²) in [6.45, 7) is 0. The number of carboxylic acid groups (broad SMARTS) is 1. The normalized spacial score (nSPS) is 22.0. The number of carboxylic acids is 1. The molecular formula is C25H24FNO5. The summed E-state index contributed by atoms with van der Waals surface area (Å²) in [5.41, 5.74) is 4.45. The first-order valence-corrected chi connectivity index (χ1v) is 10.8. The van der Waals surface area contributed by atoms with Crippen LogP contribution in [0.2, 0.25) is 0 Å². The second-order valence-electron chi connectivity index (χ2n) is 8.66. The van der Waals surface area contributed by atoms with Crippen molar-refractivity contribution in [2.45, 2.75) is 56.0 Å². The Bertz CT molecular complexity index is 1160. The topological polar surface area (TPSA) is 103 Å². The molecule has 1 saturated carbocycles. The summed E-state index contributed by atoms with van der Waals surface area (Å²) in [6.07, 6.45) is -1.60. The Morgan fingerprint density at radius 3 is 2.53 bits per heavy atom. The number of para-hydroxylation sites is 1. The van der Waals surface area contributed by atoms with Gasteiger partial charge in [0.05, 0.1) is 29.8 Å². The van der Waals surface area contributed by atoms with Crippen molar-refractivity contribution in [3.05, 3.63) is 65.6 Å². The Morgan fingerprint density at radius 2 is 1.84 bits per heavy atom. The molecule has 7 heteroatoms. The second kappa shape index (κ2) is 8.24. The van der Waals surface area contributed by atoms with E-state index in [4.69, 9.17) is 14.8 Å². The van der Waals surface area contributed by atoms with Crippen LogP contribution in [0.4, 0.5) is 4.39 Å². The summed E-state index contributed by atoms with van der Waals surface area (Å²) in [4.78, 5) is 15.8. The van der Waals surface area contributed by atoms with Crippen molar-refractivity contribution in [2.24, 2.45) is 0 Å². The summed E-state index contributed by atoms with van der Waals surface area (Å²) in [5.74, 6) is -1.13. The van der Waals surface area contributed by atoms with Crippen LogP contribution >= 0.6 is 0 Å². The van der Waals surface area contributed by atoms with Crippen molar-refractivity contribution in [1.29, 1.82) is 0 Å². The van der Waals surface area contributed by atoms with Gasteiger partial charge in [0.1, 0.15) is 18.0 Å². The molecule has 5 rings (SSSR count). The maximum atomic E-state index is 13.6. The monoisotopic (exact) mass is 437 g/mol. The van der Waals surface area contributed by atoms with E-state index in [1.807, 2.05) is 24.3 Å². The molecule has 1 aliphatic heterocycles. The SMILES string of the molecule is O=C(O)C[C@H](O)C[C@H](O)C1OC1c1c(C2CC2)nc2ccccc2c1-c1ccc(F)cc1. The highest BCUT2D eigenvalue weighted by Gasteiger charge is 2.49. The van der Waals surface area contributed by atoms with Crippen LogP contribution < -0.4 is 0 Å². The molecule has 2 aromatic carbocycles. The van der Waals surface area contributed by atoms with Gasteiger partial charge in [-0.1, -0.05) is 30.3 Å². The minimum atomic E-state index is -1.15. The smallest absolute Gasteiger partial charge is 0.305 e. The van der Waals surface area contributed by atoms with Crippen LogP contribution in [0, 0.1) is 5.82 Å². The van der Waals surface area contributed by atoms with Gasteiger partial charge in [0.25, 0.3) is 0 Å². The van der Waals surface area contributed by atoms with Crippen molar-refractivity contribution in [2.75, 3.05) is 0 Å². The highest BCUT2D eigenvalue weighted by Crippen LogP contribution is 2.53. The number of aliphatic hydroxyl groups is 2. The zero-order valence-electron chi connectivity index (χ0n) is 17.3. The molecule has 166 valence electrons. The van der Waals surface area contributed by atoms with Crippen molar-refractivity contribution in [3.63, 3.8) is 0 Å². The average molecular weight is 437 g/mol. The highest BCUT2D eigenvalue weighted by atomic mass is 19.1. The standard InChI is InChI=1S/C25H24FNO5/c26-15-9-7-13(8-10-15)21-17-3-1-2-4-18(17)27-23(14-5-6-14)22(21)25-24(32-25)19(29)11-16(28)12-20(30)31/h1-4,7-10,14,16,19,24-25,28-29H,5-6,11-12H2,(H,30,31)/t16-,19+,24?,25?/m1/s1. The third-order valence-corrected chi connectivity index (χ3v) is 6.17. The average Bonchev–Trinajstić information content (AvgIpc) is 3.66. The number of hydrogen-bond donors (Lipinski definition) is 3. The van der Waals surface area contributed by atoms with Gasteiger partial charge in [-0.2, -0.15) is 0 Å². The third-order valence-electron chi connectivity index (χ3n) is 6.17. The Labute approximate surface area is 184 Å². The fraction of sp³-hybridized carbons (Fsp3) is 0.360. The minimum Gasteiger partial charge on any atom is -0.481 e. The number of benzene rings is 2. The molecule has 32 heavy (non-hydrogen) atoms. The molecule has 2 fully saturated rings. The van der Waals surface area contributed by atoms with Gasteiger partial charge >= 0.3 is 5.97 Å². The quantitative estimate of drug-likeness (QED) is 0.461. The van der Waals surface area contributed by atoms with E-state index in [-0.39, 0.29) is 12.2 Å². The number of pyridine rings is 1. The molecule has 0 radical (unpaired) electrons. The zero-order valence-corrected chi connectivity index (χ0v) is 17.3. The number of rotatable bonds is 8. The van der Waals surface area contributed by atoms with Gasteiger partial charge in [0.2, 0.25) is 0 Å². The molecule has 2 unspecified atom stereocenters. The van der Waals surface area contributed by atoms with E-state index >= 15 is 0 Å². The molecule has 3 N–H and O–H groups in total. The molecule has 6 nitrogen and oxygen atoms in total. The zero-order chi connectivity index (χ0) is 22.4. The van der Waals surface area contributed by atoms with Gasteiger partial charge in [-0.3, -0.25) is 9.78 Å². The number of carbonyl (C=O) groups is 1. The number of aliphatic carboxylic acids is 1. The molecule has 0 spiro atoms. The van der Waals surface area contributed by atoms with Crippen molar-refractivity contribution < 1.29 is 29.2 Å². The molecule has 1 saturated heterocycles. The summed E-state index contributed by atoms with van der Waals surface area (Å²) in [5, 5.41) is 30.3. The first kappa shape index (κ1) is 21.0. The number of aromatic nitrogens is 1. The molecule has 1 aromatic heterocycles. The fourth-order valence-electron chi connectivity index (χ4n) is 4.48. The van der Waals surface area contributed by atoms with Crippen molar-refractivity contribution >= 4 is 16.9 Å². The number of aliphatic hydroxyl groups excluding tert-OH is 2. The van der Waals surface area contributed by atoms with Crippen molar-refractivity contribution in [1.82, 2.24) is 4.98 Å². The predicted octanol–water partition coefficient (Wildman–Crippen LogP) is 3.94. The Morgan fingerprint density at radius 1 is 1.12 bits per heavy atom. The molecule has 0 amide bonds. The minimum absolute atomic E-state index is 0.0842. The maximum absolute atomic E-state index is 13.6. The van der Waals surface area contributed by atoms with E-state index in [0.29, 0.717) is 5.92 Å². The van der Waals surface area contributed by atoms with Crippen LogP contribution in [0.1, 0.15) is 49.0 Å². The summed E-state index contributed by atoms with van der Waals surface area (Å²) in [7, 11) is 0. The van der Waals surface area contributed by atoms with Crippen molar-refractivity contribution in [3.8, 4) is 11.1 Å². The lowest BCUT2D eigenvalue weighted by atomic mass is 9.89. The van der Waals surface area contributed by atoms with Gasteiger partial charge in [0.15, 0.2) is 0 Å². The largest absolute Gasteiger partial charge is 0.481 e. The molecule has 3 aromatic rings. The molecular weight excluding hydrogens is 413 g/mol. The first-order chi connectivity index (χ1) is 15.4. The predicted molar refractivity (Wildman–Crippen MR) is 116 cm³/mol. The Hall–Kier alpha value is -2.87. The van der Waals surface area contributed by atoms with Crippen LogP contribution in [-0.4, -0.2) is 44.6 Å².